The lowest BCUT2D eigenvalue weighted by molar-refractivity contribution is -0.141. The molecule has 0 spiro atoms. The first kappa shape index (κ1) is 9.66. The molecule has 0 atom stereocenters. The van der Waals surface area contributed by atoms with E-state index >= 15 is 0 Å². The van der Waals surface area contributed by atoms with Crippen LogP contribution >= 0.6 is 0 Å². The smallest absolute Gasteiger partial charge is 0.302 e. The minimum absolute atomic E-state index is 0.131. The Morgan fingerprint density at radius 3 is 3.08 bits per heavy atom. The molecule has 13 heavy (non-hydrogen) atoms. The summed E-state index contributed by atoms with van der Waals surface area (Å²) in [6, 6.07) is 0. The molecule has 0 amide bonds. The number of hydrogen-bond acceptors (Lipinski definition) is 5. The number of hydrogen-bond donors (Lipinski definition) is 1. The minimum atomic E-state index is -0.317. The molecule has 6 heteroatoms. The number of aliphatic hydroxyl groups excluding tert-OH is 1. The highest BCUT2D eigenvalue weighted by molar-refractivity contribution is 5.65. The van der Waals surface area contributed by atoms with E-state index in [0.717, 1.165) is 0 Å². The van der Waals surface area contributed by atoms with Crippen LogP contribution in [0.5, 0.6) is 0 Å². The molecule has 0 saturated carbocycles. The van der Waals surface area contributed by atoms with Crippen LogP contribution in [0.15, 0.2) is 6.20 Å². The number of carbonyl (C=O) groups excluding carboxylic acids is 1. The Kier molecular flexibility index (Phi) is 3.39. The third kappa shape index (κ3) is 3.20. The van der Waals surface area contributed by atoms with E-state index in [2.05, 4.69) is 10.3 Å². The van der Waals surface area contributed by atoms with Gasteiger partial charge in [-0.3, -0.25) is 4.79 Å². The molecule has 1 aromatic heterocycles. The summed E-state index contributed by atoms with van der Waals surface area (Å²) in [4.78, 5) is 10.4. The molecule has 0 fully saturated rings. The number of carbonyl (C=O) groups is 1. The zero-order valence-electron chi connectivity index (χ0n) is 7.30. The van der Waals surface area contributed by atoms with Gasteiger partial charge in [0.05, 0.1) is 19.3 Å². The van der Waals surface area contributed by atoms with Crippen molar-refractivity contribution in [3.8, 4) is 0 Å². The topological polar surface area (TPSA) is 77.2 Å². The van der Waals surface area contributed by atoms with E-state index in [9.17, 15) is 4.79 Å². The van der Waals surface area contributed by atoms with E-state index in [0.29, 0.717) is 12.2 Å². The number of ether oxygens (including phenoxy) is 1. The molecule has 1 heterocycles. The van der Waals surface area contributed by atoms with Crippen molar-refractivity contribution >= 4 is 5.97 Å². The number of esters is 1. The van der Waals surface area contributed by atoms with Crippen LogP contribution in [0.25, 0.3) is 0 Å². The normalized spacial score (nSPS) is 10.0. The van der Waals surface area contributed by atoms with E-state index in [4.69, 9.17) is 9.84 Å². The van der Waals surface area contributed by atoms with Gasteiger partial charge in [0.25, 0.3) is 0 Å². The lowest BCUT2D eigenvalue weighted by atomic mass is 10.5. The highest BCUT2D eigenvalue weighted by Gasteiger charge is 1.99. The Bertz CT molecular complexity index is 284. The van der Waals surface area contributed by atoms with Crippen molar-refractivity contribution in [1.82, 2.24) is 15.0 Å². The Balaban J connectivity index is 2.32. The molecule has 1 aromatic rings. The Morgan fingerprint density at radius 1 is 1.77 bits per heavy atom. The zero-order chi connectivity index (χ0) is 9.68. The number of rotatable bonds is 4. The van der Waals surface area contributed by atoms with Crippen molar-refractivity contribution in [3.05, 3.63) is 11.9 Å². The summed E-state index contributed by atoms with van der Waals surface area (Å²) >= 11 is 0. The standard InChI is InChI=1S/C7H11N3O3/c1-6(12)13-3-2-10-4-7(5-11)8-9-10/h4,11H,2-3,5H2,1H3. The van der Waals surface area contributed by atoms with E-state index in [1.165, 1.54) is 11.6 Å². The van der Waals surface area contributed by atoms with Crippen molar-refractivity contribution < 1.29 is 14.6 Å². The molecular formula is C7H11N3O3. The highest BCUT2D eigenvalue weighted by atomic mass is 16.5. The number of aromatic nitrogens is 3. The van der Waals surface area contributed by atoms with Crippen LogP contribution < -0.4 is 0 Å². The highest BCUT2D eigenvalue weighted by Crippen LogP contribution is 1.92. The van der Waals surface area contributed by atoms with Gasteiger partial charge in [-0.05, 0) is 0 Å². The molecule has 0 aliphatic carbocycles. The van der Waals surface area contributed by atoms with Gasteiger partial charge < -0.3 is 9.84 Å². The van der Waals surface area contributed by atoms with Crippen LogP contribution in [0, 0.1) is 0 Å². The molecule has 0 aliphatic rings. The SMILES string of the molecule is CC(=O)OCCn1cc(CO)nn1. The summed E-state index contributed by atoms with van der Waals surface area (Å²) in [6.45, 7) is 1.93. The van der Waals surface area contributed by atoms with Gasteiger partial charge in [0, 0.05) is 6.92 Å². The summed E-state index contributed by atoms with van der Waals surface area (Å²) in [5.74, 6) is -0.317. The fourth-order valence-electron chi connectivity index (χ4n) is 0.803. The molecule has 0 aromatic carbocycles. The second-order valence-electron chi connectivity index (χ2n) is 2.47. The van der Waals surface area contributed by atoms with E-state index in [-0.39, 0.29) is 19.2 Å². The van der Waals surface area contributed by atoms with Crippen molar-refractivity contribution in [2.45, 2.75) is 20.1 Å². The molecular weight excluding hydrogens is 174 g/mol. The van der Waals surface area contributed by atoms with Crippen LogP contribution in [0.3, 0.4) is 0 Å². The summed E-state index contributed by atoms with van der Waals surface area (Å²) in [7, 11) is 0. The lowest BCUT2D eigenvalue weighted by Gasteiger charge is -1.99. The first-order valence-corrected chi connectivity index (χ1v) is 3.85. The molecule has 72 valence electrons. The maximum atomic E-state index is 10.4. The van der Waals surface area contributed by atoms with Gasteiger partial charge >= 0.3 is 5.97 Å². The van der Waals surface area contributed by atoms with E-state index in [1.807, 2.05) is 0 Å². The number of nitrogens with zero attached hydrogens (tertiary/aromatic N) is 3. The predicted molar refractivity (Wildman–Crippen MR) is 42.6 cm³/mol. The summed E-state index contributed by atoms with van der Waals surface area (Å²) in [6.07, 6.45) is 1.60. The molecule has 0 unspecified atom stereocenters. The fraction of sp³-hybridized carbons (Fsp3) is 0.571. The van der Waals surface area contributed by atoms with Gasteiger partial charge in [0.15, 0.2) is 0 Å². The predicted octanol–water partition coefficient (Wildman–Crippen LogP) is -0.667. The second-order valence-corrected chi connectivity index (χ2v) is 2.47. The Morgan fingerprint density at radius 2 is 2.54 bits per heavy atom. The lowest BCUT2D eigenvalue weighted by Crippen LogP contribution is -2.09. The van der Waals surface area contributed by atoms with E-state index in [1.54, 1.807) is 6.20 Å². The quantitative estimate of drug-likeness (QED) is 0.630. The molecule has 0 aliphatic heterocycles. The third-order valence-electron chi connectivity index (χ3n) is 1.37. The van der Waals surface area contributed by atoms with Gasteiger partial charge in [0.1, 0.15) is 12.3 Å². The summed E-state index contributed by atoms with van der Waals surface area (Å²) < 4.78 is 6.21. The molecule has 0 radical (unpaired) electrons. The first-order valence-electron chi connectivity index (χ1n) is 3.85. The maximum absolute atomic E-state index is 10.4. The summed E-state index contributed by atoms with van der Waals surface area (Å²) in [5, 5.41) is 16.0. The van der Waals surface area contributed by atoms with Crippen molar-refractivity contribution in [3.63, 3.8) is 0 Å². The van der Waals surface area contributed by atoms with Gasteiger partial charge in [-0.2, -0.15) is 0 Å². The maximum Gasteiger partial charge on any atom is 0.302 e. The average molecular weight is 185 g/mol. The van der Waals surface area contributed by atoms with Gasteiger partial charge in [-0.1, -0.05) is 5.21 Å². The van der Waals surface area contributed by atoms with Crippen LogP contribution in [0.2, 0.25) is 0 Å². The average Bonchev–Trinajstić information content (AvgIpc) is 2.52. The fourth-order valence-corrected chi connectivity index (χ4v) is 0.803. The molecule has 1 N–H and O–H groups in total. The Hall–Kier alpha value is -1.43. The van der Waals surface area contributed by atoms with E-state index < -0.39 is 0 Å². The largest absolute Gasteiger partial charge is 0.464 e. The molecule has 1 rings (SSSR count). The number of aliphatic hydroxyl groups is 1. The van der Waals surface area contributed by atoms with Crippen LogP contribution in [-0.4, -0.2) is 32.7 Å². The minimum Gasteiger partial charge on any atom is -0.464 e. The Labute approximate surface area is 75.1 Å². The van der Waals surface area contributed by atoms with Crippen LogP contribution in [0.1, 0.15) is 12.6 Å². The zero-order valence-corrected chi connectivity index (χ0v) is 7.30. The van der Waals surface area contributed by atoms with Crippen LogP contribution in [0.4, 0.5) is 0 Å². The van der Waals surface area contributed by atoms with Crippen molar-refractivity contribution in [2.75, 3.05) is 6.61 Å². The molecule has 6 nitrogen and oxygen atoms in total. The van der Waals surface area contributed by atoms with Crippen LogP contribution in [-0.2, 0) is 22.7 Å². The molecule has 0 saturated heterocycles. The second kappa shape index (κ2) is 4.56. The van der Waals surface area contributed by atoms with Gasteiger partial charge in [-0.15, -0.1) is 5.10 Å². The van der Waals surface area contributed by atoms with Gasteiger partial charge in [-0.25, -0.2) is 4.68 Å². The monoisotopic (exact) mass is 185 g/mol. The summed E-state index contributed by atoms with van der Waals surface area (Å²) in [5.41, 5.74) is 0.503. The van der Waals surface area contributed by atoms with Gasteiger partial charge in [0.2, 0.25) is 0 Å². The third-order valence-corrected chi connectivity index (χ3v) is 1.37. The van der Waals surface area contributed by atoms with Crippen molar-refractivity contribution in [1.29, 1.82) is 0 Å². The molecule has 0 bridgehead atoms. The van der Waals surface area contributed by atoms with Crippen molar-refractivity contribution in [2.24, 2.45) is 0 Å². The first-order chi connectivity index (χ1) is 6.22.